The lowest BCUT2D eigenvalue weighted by atomic mass is 10.1. The number of carbonyl (C=O) groups is 2. The summed E-state index contributed by atoms with van der Waals surface area (Å²) in [7, 11) is -3.98. The molecule has 0 aliphatic rings. The molecule has 0 bridgehead atoms. The Morgan fingerprint density at radius 3 is 2.19 bits per heavy atom. The number of carbonyl (C=O) groups excluding carboxylic acids is 2. The summed E-state index contributed by atoms with van der Waals surface area (Å²) in [4.78, 5) is 24.5. The third-order valence-corrected chi connectivity index (χ3v) is 5.01. The van der Waals surface area contributed by atoms with Gasteiger partial charge in [0.15, 0.2) is 5.76 Å². The smallest absolute Gasteiger partial charge is 0.412 e. The first-order valence-corrected chi connectivity index (χ1v) is 10.8. The Morgan fingerprint density at radius 1 is 0.968 bits per heavy atom. The maximum atomic E-state index is 13.7. The highest BCUT2D eigenvalue weighted by Crippen LogP contribution is 2.25. The van der Waals surface area contributed by atoms with Gasteiger partial charge in [-0.05, 0) is 71.9 Å². The van der Waals surface area contributed by atoms with Gasteiger partial charge in [-0.3, -0.25) is 10.1 Å². The van der Waals surface area contributed by atoms with Crippen LogP contribution in [0.3, 0.4) is 0 Å². The molecule has 31 heavy (non-hydrogen) atoms. The number of nitrogens with one attached hydrogen (secondary N) is 3. The van der Waals surface area contributed by atoms with Crippen molar-refractivity contribution < 1.29 is 31.6 Å². The Labute approximate surface area is 180 Å². The highest BCUT2D eigenvalue weighted by molar-refractivity contribution is 7.89. The molecule has 9 nitrogen and oxygen atoms in total. The standard InChI is InChI=1S/C20H26FN3O6S/c1-19(2,3)24-31(27,28)16-10-9-15(29-16)17(25)22-14-11-12(21)7-8-13(14)23-18(26)30-20(4,5)6/h7-11,24H,1-6H3,(H,22,25)(H,23,26). The van der Waals surface area contributed by atoms with Crippen molar-refractivity contribution in [2.45, 2.75) is 57.8 Å². The van der Waals surface area contributed by atoms with Gasteiger partial charge in [0.1, 0.15) is 11.4 Å². The Bertz CT molecular complexity index is 1080. The molecule has 1 aromatic carbocycles. The van der Waals surface area contributed by atoms with E-state index in [-0.39, 0.29) is 17.1 Å². The van der Waals surface area contributed by atoms with E-state index in [1.807, 2.05) is 0 Å². The molecule has 2 rings (SSSR count). The Morgan fingerprint density at radius 2 is 1.61 bits per heavy atom. The summed E-state index contributed by atoms with van der Waals surface area (Å²) in [5, 5.41) is 4.37. The molecule has 1 heterocycles. The van der Waals surface area contributed by atoms with Crippen LogP contribution < -0.4 is 15.4 Å². The molecular formula is C20H26FN3O6S. The summed E-state index contributed by atoms with van der Waals surface area (Å²) < 4.78 is 51.1. The molecule has 0 fully saturated rings. The van der Waals surface area contributed by atoms with Crippen molar-refractivity contribution >= 4 is 33.4 Å². The van der Waals surface area contributed by atoms with E-state index in [9.17, 15) is 22.4 Å². The lowest BCUT2D eigenvalue weighted by Crippen LogP contribution is -2.40. The van der Waals surface area contributed by atoms with E-state index in [1.165, 1.54) is 12.1 Å². The number of ether oxygens (including phenoxy) is 1. The van der Waals surface area contributed by atoms with Crippen molar-refractivity contribution in [1.82, 2.24) is 4.72 Å². The first-order chi connectivity index (χ1) is 14.1. The third-order valence-electron chi connectivity index (χ3n) is 3.38. The normalized spacial score (nSPS) is 12.4. The minimum Gasteiger partial charge on any atom is -0.444 e. The highest BCUT2D eigenvalue weighted by Gasteiger charge is 2.26. The van der Waals surface area contributed by atoms with E-state index in [0.717, 1.165) is 18.2 Å². The van der Waals surface area contributed by atoms with E-state index < -0.39 is 44.1 Å². The Balaban J connectivity index is 2.22. The summed E-state index contributed by atoms with van der Waals surface area (Å²) in [6, 6.07) is 5.64. The van der Waals surface area contributed by atoms with Gasteiger partial charge in [0.25, 0.3) is 15.9 Å². The van der Waals surface area contributed by atoms with Gasteiger partial charge < -0.3 is 14.5 Å². The number of benzene rings is 1. The van der Waals surface area contributed by atoms with Gasteiger partial charge in [0.05, 0.1) is 11.4 Å². The third kappa shape index (κ3) is 7.37. The van der Waals surface area contributed by atoms with Crippen LogP contribution in [0.25, 0.3) is 0 Å². The minimum absolute atomic E-state index is 0.0653. The lowest BCUT2D eigenvalue weighted by Gasteiger charge is -2.20. The van der Waals surface area contributed by atoms with Crippen LogP contribution in [-0.4, -0.2) is 31.6 Å². The Kier molecular flexibility index (Phi) is 6.81. The van der Waals surface area contributed by atoms with Crippen LogP contribution in [0.2, 0.25) is 0 Å². The maximum absolute atomic E-state index is 13.7. The average molecular weight is 456 g/mol. The van der Waals surface area contributed by atoms with Crippen LogP contribution in [0.5, 0.6) is 0 Å². The largest absolute Gasteiger partial charge is 0.444 e. The van der Waals surface area contributed by atoms with Gasteiger partial charge in [0, 0.05) is 5.54 Å². The van der Waals surface area contributed by atoms with Crippen LogP contribution in [0.1, 0.15) is 52.1 Å². The quantitative estimate of drug-likeness (QED) is 0.623. The number of sulfonamides is 1. The summed E-state index contributed by atoms with van der Waals surface area (Å²) in [5.41, 5.74) is -1.50. The predicted molar refractivity (Wildman–Crippen MR) is 113 cm³/mol. The van der Waals surface area contributed by atoms with Crippen molar-refractivity contribution in [3.05, 3.63) is 41.9 Å². The molecule has 0 aliphatic heterocycles. The second-order valence-corrected chi connectivity index (χ2v) is 10.4. The molecule has 0 atom stereocenters. The fraction of sp³-hybridized carbons (Fsp3) is 0.400. The van der Waals surface area contributed by atoms with Crippen LogP contribution in [0, 0.1) is 5.82 Å². The fourth-order valence-electron chi connectivity index (χ4n) is 2.37. The first kappa shape index (κ1) is 24.4. The molecule has 1 aromatic heterocycles. The average Bonchev–Trinajstić information content (AvgIpc) is 3.04. The lowest BCUT2D eigenvalue weighted by molar-refractivity contribution is 0.0635. The number of anilines is 2. The van der Waals surface area contributed by atoms with Crippen molar-refractivity contribution in [3.8, 4) is 0 Å². The molecule has 170 valence electrons. The molecule has 0 aliphatic carbocycles. The number of rotatable bonds is 5. The monoisotopic (exact) mass is 455 g/mol. The van der Waals surface area contributed by atoms with Gasteiger partial charge in [0.2, 0.25) is 5.09 Å². The van der Waals surface area contributed by atoms with E-state index in [0.29, 0.717) is 0 Å². The second kappa shape index (κ2) is 8.67. The van der Waals surface area contributed by atoms with Gasteiger partial charge in [-0.2, -0.15) is 0 Å². The van der Waals surface area contributed by atoms with Crippen molar-refractivity contribution in [1.29, 1.82) is 0 Å². The van der Waals surface area contributed by atoms with E-state index in [2.05, 4.69) is 15.4 Å². The molecule has 0 unspecified atom stereocenters. The zero-order valence-corrected chi connectivity index (χ0v) is 18.9. The predicted octanol–water partition coefficient (Wildman–Crippen LogP) is 4.09. The number of halogens is 1. The molecule has 0 saturated heterocycles. The fourth-order valence-corrected chi connectivity index (χ4v) is 3.72. The number of hydrogen-bond acceptors (Lipinski definition) is 6. The van der Waals surface area contributed by atoms with Crippen molar-refractivity contribution in [2.75, 3.05) is 10.6 Å². The number of amides is 2. The van der Waals surface area contributed by atoms with Crippen molar-refractivity contribution in [3.63, 3.8) is 0 Å². The molecule has 0 radical (unpaired) electrons. The van der Waals surface area contributed by atoms with E-state index in [4.69, 9.17) is 9.15 Å². The maximum Gasteiger partial charge on any atom is 0.412 e. The second-order valence-electron chi connectivity index (χ2n) is 8.75. The SMILES string of the molecule is CC(C)(C)NS(=O)(=O)c1ccc(C(=O)Nc2cc(F)ccc2NC(=O)OC(C)(C)C)o1. The molecular weight excluding hydrogens is 429 g/mol. The van der Waals surface area contributed by atoms with Gasteiger partial charge in [-0.25, -0.2) is 22.3 Å². The zero-order valence-electron chi connectivity index (χ0n) is 18.1. The van der Waals surface area contributed by atoms with Gasteiger partial charge in [-0.15, -0.1) is 0 Å². The summed E-state index contributed by atoms with van der Waals surface area (Å²) >= 11 is 0. The minimum atomic E-state index is -3.98. The van der Waals surface area contributed by atoms with Crippen LogP contribution >= 0.6 is 0 Å². The molecule has 3 N–H and O–H groups in total. The summed E-state index contributed by atoms with van der Waals surface area (Å²) in [6.07, 6.45) is -0.797. The molecule has 2 aromatic rings. The van der Waals surface area contributed by atoms with Crippen LogP contribution in [-0.2, 0) is 14.8 Å². The summed E-state index contributed by atoms with van der Waals surface area (Å²) in [6.45, 7) is 10.0. The van der Waals surface area contributed by atoms with Gasteiger partial charge in [-0.1, -0.05) is 0 Å². The molecule has 11 heteroatoms. The van der Waals surface area contributed by atoms with Crippen LogP contribution in [0.4, 0.5) is 20.6 Å². The molecule has 0 saturated carbocycles. The van der Waals surface area contributed by atoms with Crippen molar-refractivity contribution in [2.24, 2.45) is 0 Å². The first-order valence-electron chi connectivity index (χ1n) is 9.30. The molecule has 2 amide bonds. The topological polar surface area (TPSA) is 127 Å². The molecule has 0 spiro atoms. The number of hydrogen-bond donors (Lipinski definition) is 3. The van der Waals surface area contributed by atoms with E-state index >= 15 is 0 Å². The van der Waals surface area contributed by atoms with E-state index in [1.54, 1.807) is 41.5 Å². The number of furan rings is 1. The summed E-state index contributed by atoms with van der Waals surface area (Å²) in [5.74, 6) is -1.82. The van der Waals surface area contributed by atoms with Gasteiger partial charge >= 0.3 is 6.09 Å². The Hall–Kier alpha value is -2.92. The zero-order chi connectivity index (χ0) is 23.6. The highest BCUT2D eigenvalue weighted by atomic mass is 32.2. The van der Waals surface area contributed by atoms with Crippen LogP contribution in [0.15, 0.2) is 39.8 Å².